The summed E-state index contributed by atoms with van der Waals surface area (Å²) in [7, 11) is 3.89. The fourth-order valence-electron chi connectivity index (χ4n) is 1.64. The molecule has 0 saturated heterocycles. The van der Waals surface area contributed by atoms with Gasteiger partial charge in [0.2, 0.25) is 5.91 Å². The number of rotatable bonds is 7. The fraction of sp³-hybridized carbons (Fsp3) is 0.500. The molecule has 1 amide bonds. The van der Waals surface area contributed by atoms with Gasteiger partial charge in [0.05, 0.1) is 0 Å². The number of carbonyl (C=O) groups excluding carboxylic acids is 1. The zero-order chi connectivity index (χ0) is 13.4. The largest absolute Gasteiger partial charge is 0.370 e. The summed E-state index contributed by atoms with van der Waals surface area (Å²) in [6.07, 6.45) is 0.526. The molecule has 1 aromatic rings. The minimum atomic E-state index is 0.0951. The number of nitrogens with zero attached hydrogens (tertiary/aromatic N) is 1. The van der Waals surface area contributed by atoms with Crippen LogP contribution in [0.3, 0.4) is 0 Å². The van der Waals surface area contributed by atoms with Gasteiger partial charge in [0.1, 0.15) is 0 Å². The van der Waals surface area contributed by atoms with Crippen molar-refractivity contribution in [3.63, 3.8) is 0 Å². The summed E-state index contributed by atoms with van der Waals surface area (Å²) in [6, 6.07) is 10.4. The van der Waals surface area contributed by atoms with E-state index >= 15 is 0 Å². The Hall–Kier alpha value is -1.55. The van der Waals surface area contributed by atoms with Crippen molar-refractivity contribution in [1.29, 1.82) is 0 Å². The molecule has 4 heteroatoms. The van der Waals surface area contributed by atoms with Crippen molar-refractivity contribution < 1.29 is 4.79 Å². The lowest BCUT2D eigenvalue weighted by Gasteiger charge is -2.27. The smallest absolute Gasteiger partial charge is 0.221 e. The highest BCUT2D eigenvalue weighted by Gasteiger charge is 2.10. The lowest BCUT2D eigenvalue weighted by Crippen LogP contribution is -2.40. The summed E-state index contributed by atoms with van der Waals surface area (Å²) in [5.41, 5.74) is 1.16. The normalized spacial score (nSPS) is 11.9. The van der Waals surface area contributed by atoms with Gasteiger partial charge < -0.3 is 15.5 Å². The molecule has 0 fully saturated rings. The summed E-state index contributed by atoms with van der Waals surface area (Å²) in [5, 5.41) is 5.91. The number of anilines is 1. The summed E-state index contributed by atoms with van der Waals surface area (Å²) in [6.45, 7) is 3.48. The molecule has 1 rings (SSSR count). The number of nitrogens with one attached hydrogen (secondary N) is 2. The van der Waals surface area contributed by atoms with E-state index in [2.05, 4.69) is 34.6 Å². The molecule has 0 aliphatic carbocycles. The maximum atomic E-state index is 11.5. The molecule has 0 aliphatic heterocycles. The van der Waals surface area contributed by atoms with Crippen LogP contribution < -0.4 is 15.5 Å². The van der Waals surface area contributed by atoms with Gasteiger partial charge in [-0.1, -0.05) is 18.2 Å². The van der Waals surface area contributed by atoms with Crippen LogP contribution in [0.2, 0.25) is 0 Å². The lowest BCUT2D eigenvalue weighted by molar-refractivity contribution is -0.121. The van der Waals surface area contributed by atoms with Crippen molar-refractivity contribution in [2.75, 3.05) is 32.1 Å². The van der Waals surface area contributed by atoms with Gasteiger partial charge in [-0.2, -0.15) is 0 Å². The van der Waals surface area contributed by atoms with E-state index in [9.17, 15) is 4.79 Å². The van der Waals surface area contributed by atoms with Crippen LogP contribution in [0.5, 0.6) is 0 Å². The molecule has 0 spiro atoms. The molecule has 1 aromatic carbocycles. The van der Waals surface area contributed by atoms with Crippen LogP contribution in [0.4, 0.5) is 5.69 Å². The maximum Gasteiger partial charge on any atom is 0.221 e. The summed E-state index contributed by atoms with van der Waals surface area (Å²) in [5.74, 6) is 0.0951. The topological polar surface area (TPSA) is 44.4 Å². The SMILES string of the molecule is CNCCC(=O)NCC(C)N(C)c1ccccc1. The Morgan fingerprint density at radius 2 is 2.00 bits per heavy atom. The molecule has 0 bridgehead atoms. The van der Waals surface area contributed by atoms with Gasteiger partial charge in [0, 0.05) is 38.3 Å². The number of likely N-dealkylation sites (N-methyl/N-ethyl adjacent to an activating group) is 1. The van der Waals surface area contributed by atoms with Crippen molar-refractivity contribution in [3.8, 4) is 0 Å². The first kappa shape index (κ1) is 14.5. The van der Waals surface area contributed by atoms with Gasteiger partial charge in [-0.05, 0) is 26.1 Å². The van der Waals surface area contributed by atoms with Crippen molar-refractivity contribution in [1.82, 2.24) is 10.6 Å². The molecular formula is C14H23N3O. The van der Waals surface area contributed by atoms with Crippen LogP contribution in [0.25, 0.3) is 0 Å². The van der Waals surface area contributed by atoms with Crippen LogP contribution in [0, 0.1) is 0 Å². The van der Waals surface area contributed by atoms with Crippen LogP contribution in [-0.4, -0.2) is 39.1 Å². The predicted octanol–water partition coefficient (Wildman–Crippen LogP) is 1.24. The standard InChI is InChI=1S/C14H23N3O/c1-12(11-16-14(18)9-10-15-2)17(3)13-7-5-4-6-8-13/h4-8,12,15H,9-11H2,1-3H3,(H,16,18). The molecule has 0 saturated carbocycles. The minimum absolute atomic E-state index is 0.0951. The number of hydrogen-bond acceptors (Lipinski definition) is 3. The molecule has 0 radical (unpaired) electrons. The van der Waals surface area contributed by atoms with Gasteiger partial charge in [0.15, 0.2) is 0 Å². The Morgan fingerprint density at radius 3 is 2.61 bits per heavy atom. The quantitative estimate of drug-likeness (QED) is 0.764. The van der Waals surface area contributed by atoms with Gasteiger partial charge in [-0.3, -0.25) is 4.79 Å². The Bertz CT molecular complexity index is 353. The Labute approximate surface area is 109 Å². The van der Waals surface area contributed by atoms with E-state index in [1.807, 2.05) is 32.3 Å². The molecule has 100 valence electrons. The first-order chi connectivity index (χ1) is 8.65. The second kappa shape index (κ2) is 7.71. The third-order valence-electron chi connectivity index (χ3n) is 3.02. The van der Waals surface area contributed by atoms with Crippen LogP contribution in [0.1, 0.15) is 13.3 Å². The summed E-state index contributed by atoms with van der Waals surface area (Å²) >= 11 is 0. The van der Waals surface area contributed by atoms with E-state index in [4.69, 9.17) is 0 Å². The number of hydrogen-bond donors (Lipinski definition) is 2. The fourth-order valence-corrected chi connectivity index (χ4v) is 1.64. The van der Waals surface area contributed by atoms with E-state index in [0.29, 0.717) is 13.0 Å². The average Bonchev–Trinajstić information content (AvgIpc) is 2.42. The highest BCUT2D eigenvalue weighted by Crippen LogP contribution is 2.13. The van der Waals surface area contributed by atoms with Gasteiger partial charge in [-0.15, -0.1) is 0 Å². The Kier molecular flexibility index (Phi) is 6.22. The molecule has 0 heterocycles. The van der Waals surface area contributed by atoms with Crippen molar-refractivity contribution >= 4 is 11.6 Å². The van der Waals surface area contributed by atoms with Crippen LogP contribution in [-0.2, 0) is 4.79 Å². The molecule has 18 heavy (non-hydrogen) atoms. The van der Waals surface area contributed by atoms with E-state index in [1.54, 1.807) is 0 Å². The van der Waals surface area contributed by atoms with Gasteiger partial charge >= 0.3 is 0 Å². The van der Waals surface area contributed by atoms with Gasteiger partial charge in [-0.25, -0.2) is 0 Å². The van der Waals surface area contributed by atoms with Gasteiger partial charge in [0.25, 0.3) is 0 Å². The maximum absolute atomic E-state index is 11.5. The molecule has 2 N–H and O–H groups in total. The first-order valence-electron chi connectivity index (χ1n) is 6.34. The second-order valence-corrected chi connectivity index (χ2v) is 4.45. The lowest BCUT2D eigenvalue weighted by atomic mass is 10.2. The molecule has 0 aromatic heterocycles. The third kappa shape index (κ3) is 4.75. The zero-order valence-electron chi connectivity index (χ0n) is 11.4. The molecule has 0 aliphatic rings. The Morgan fingerprint density at radius 1 is 1.33 bits per heavy atom. The number of benzene rings is 1. The number of para-hydroxylation sites is 1. The average molecular weight is 249 g/mol. The van der Waals surface area contributed by atoms with Crippen LogP contribution in [0.15, 0.2) is 30.3 Å². The molecule has 1 unspecified atom stereocenters. The highest BCUT2D eigenvalue weighted by molar-refractivity contribution is 5.76. The van der Waals surface area contributed by atoms with E-state index in [0.717, 1.165) is 12.2 Å². The van der Waals surface area contributed by atoms with E-state index in [-0.39, 0.29) is 11.9 Å². The minimum Gasteiger partial charge on any atom is -0.370 e. The van der Waals surface area contributed by atoms with E-state index < -0.39 is 0 Å². The van der Waals surface area contributed by atoms with Crippen molar-refractivity contribution in [3.05, 3.63) is 30.3 Å². The first-order valence-corrected chi connectivity index (χ1v) is 6.34. The second-order valence-electron chi connectivity index (χ2n) is 4.45. The highest BCUT2D eigenvalue weighted by atomic mass is 16.1. The molecular weight excluding hydrogens is 226 g/mol. The van der Waals surface area contributed by atoms with Crippen molar-refractivity contribution in [2.24, 2.45) is 0 Å². The summed E-state index contributed by atoms with van der Waals surface area (Å²) < 4.78 is 0. The third-order valence-corrected chi connectivity index (χ3v) is 3.02. The predicted molar refractivity (Wildman–Crippen MR) is 75.9 cm³/mol. The molecule has 1 atom stereocenters. The van der Waals surface area contributed by atoms with Crippen molar-refractivity contribution in [2.45, 2.75) is 19.4 Å². The molecule has 4 nitrogen and oxygen atoms in total. The number of carbonyl (C=O) groups is 1. The summed E-state index contributed by atoms with van der Waals surface area (Å²) in [4.78, 5) is 13.7. The zero-order valence-corrected chi connectivity index (χ0v) is 11.4. The number of amides is 1. The van der Waals surface area contributed by atoms with Crippen LogP contribution >= 0.6 is 0 Å². The Balaban J connectivity index is 2.36. The van der Waals surface area contributed by atoms with E-state index in [1.165, 1.54) is 0 Å². The monoisotopic (exact) mass is 249 g/mol.